The van der Waals surface area contributed by atoms with Gasteiger partial charge in [0.25, 0.3) is 5.91 Å². The largest absolute Gasteiger partial charge is 0.340 e. The number of rotatable bonds is 4. The van der Waals surface area contributed by atoms with E-state index >= 15 is 0 Å². The van der Waals surface area contributed by atoms with Crippen molar-refractivity contribution in [2.45, 2.75) is 20.8 Å². The molecule has 0 heterocycles. The van der Waals surface area contributed by atoms with Gasteiger partial charge in [-0.2, -0.15) is 0 Å². The number of nitrogens with one attached hydrogen (secondary N) is 2. The van der Waals surface area contributed by atoms with Gasteiger partial charge in [0.2, 0.25) is 0 Å². The lowest BCUT2D eigenvalue weighted by molar-refractivity contribution is -0.111. The molecule has 0 atom stereocenters. The van der Waals surface area contributed by atoms with Crippen molar-refractivity contribution in [2.75, 3.05) is 10.6 Å². The van der Waals surface area contributed by atoms with Crippen LogP contribution in [0.2, 0.25) is 0 Å². The van der Waals surface area contributed by atoms with Crippen LogP contribution in [0.3, 0.4) is 0 Å². The van der Waals surface area contributed by atoms with E-state index in [1.807, 2.05) is 56.3 Å². The van der Waals surface area contributed by atoms with Gasteiger partial charge in [-0.15, -0.1) is 0 Å². The molecule has 0 saturated carbocycles. The SMILES string of the molecule is C=CN=C(Nc1cccc(C)c1)c1cc(NC(=O)C#CC)ccc1C. The molecule has 0 fully saturated rings. The number of amidine groups is 1. The maximum absolute atomic E-state index is 11.7. The molecular formula is C21H21N3O. The summed E-state index contributed by atoms with van der Waals surface area (Å²) in [4.78, 5) is 16.1. The Kier molecular flexibility index (Phi) is 6.14. The number of nitrogens with zero attached hydrogens (tertiary/aromatic N) is 1. The molecule has 1 amide bonds. The molecule has 2 rings (SSSR count). The summed E-state index contributed by atoms with van der Waals surface area (Å²) in [6, 6.07) is 13.7. The Morgan fingerprint density at radius 2 is 1.88 bits per heavy atom. The van der Waals surface area contributed by atoms with E-state index in [2.05, 4.69) is 34.0 Å². The topological polar surface area (TPSA) is 53.5 Å². The highest BCUT2D eigenvalue weighted by atomic mass is 16.1. The Morgan fingerprint density at radius 3 is 2.56 bits per heavy atom. The Hall–Kier alpha value is -3.32. The first kappa shape index (κ1) is 18.0. The normalized spacial score (nSPS) is 10.4. The fraction of sp³-hybridized carbons (Fsp3) is 0.143. The Labute approximate surface area is 148 Å². The number of benzene rings is 2. The number of hydrogen-bond donors (Lipinski definition) is 2. The van der Waals surface area contributed by atoms with Gasteiger partial charge in [-0.05, 0) is 62.1 Å². The summed E-state index contributed by atoms with van der Waals surface area (Å²) < 4.78 is 0. The number of carbonyl (C=O) groups is 1. The lowest BCUT2D eigenvalue weighted by atomic mass is 10.1. The fourth-order valence-corrected chi connectivity index (χ4v) is 2.35. The van der Waals surface area contributed by atoms with Crippen LogP contribution in [0.5, 0.6) is 0 Å². The second-order valence-corrected chi connectivity index (χ2v) is 5.51. The maximum Gasteiger partial charge on any atom is 0.300 e. The van der Waals surface area contributed by atoms with Crippen molar-refractivity contribution in [1.29, 1.82) is 0 Å². The summed E-state index contributed by atoms with van der Waals surface area (Å²) in [5, 5.41) is 6.08. The second kappa shape index (κ2) is 8.51. The first-order valence-corrected chi connectivity index (χ1v) is 7.90. The van der Waals surface area contributed by atoms with Crippen LogP contribution < -0.4 is 10.6 Å². The Bertz CT molecular complexity index is 885. The van der Waals surface area contributed by atoms with Gasteiger partial charge < -0.3 is 10.6 Å². The van der Waals surface area contributed by atoms with Crippen molar-refractivity contribution < 1.29 is 4.79 Å². The third-order valence-electron chi connectivity index (χ3n) is 3.49. The molecule has 0 bridgehead atoms. The van der Waals surface area contributed by atoms with E-state index in [1.165, 1.54) is 6.20 Å². The van der Waals surface area contributed by atoms with Gasteiger partial charge in [-0.25, -0.2) is 4.99 Å². The zero-order valence-electron chi connectivity index (χ0n) is 14.7. The summed E-state index contributed by atoms with van der Waals surface area (Å²) in [5.41, 5.74) is 4.66. The predicted molar refractivity (Wildman–Crippen MR) is 105 cm³/mol. The van der Waals surface area contributed by atoms with Gasteiger partial charge in [0.05, 0.1) is 0 Å². The Balaban J connectivity index is 2.36. The number of amides is 1. The number of aliphatic imine (C=N–C) groups is 1. The molecule has 0 unspecified atom stereocenters. The van der Waals surface area contributed by atoms with Crippen LogP contribution in [-0.4, -0.2) is 11.7 Å². The molecule has 0 aromatic heterocycles. The molecule has 0 saturated heterocycles. The third-order valence-corrected chi connectivity index (χ3v) is 3.49. The van der Waals surface area contributed by atoms with Crippen LogP contribution in [-0.2, 0) is 4.79 Å². The number of aryl methyl sites for hydroxylation is 2. The molecule has 25 heavy (non-hydrogen) atoms. The van der Waals surface area contributed by atoms with Gasteiger partial charge in [0, 0.05) is 23.1 Å². The first-order valence-electron chi connectivity index (χ1n) is 7.90. The molecule has 0 aliphatic heterocycles. The average Bonchev–Trinajstić information content (AvgIpc) is 2.56. The molecule has 2 N–H and O–H groups in total. The molecule has 2 aromatic rings. The summed E-state index contributed by atoms with van der Waals surface area (Å²) in [5.74, 6) is 5.37. The van der Waals surface area contributed by atoms with Crippen molar-refractivity contribution in [3.63, 3.8) is 0 Å². The van der Waals surface area contributed by atoms with Gasteiger partial charge in [-0.1, -0.05) is 30.7 Å². The van der Waals surface area contributed by atoms with Crippen molar-refractivity contribution in [3.05, 3.63) is 71.9 Å². The zero-order valence-corrected chi connectivity index (χ0v) is 14.7. The van der Waals surface area contributed by atoms with E-state index in [0.717, 1.165) is 22.4 Å². The highest BCUT2D eigenvalue weighted by molar-refractivity contribution is 6.11. The van der Waals surface area contributed by atoms with Crippen molar-refractivity contribution in [2.24, 2.45) is 4.99 Å². The van der Waals surface area contributed by atoms with Crippen LogP contribution in [0.4, 0.5) is 11.4 Å². The van der Waals surface area contributed by atoms with Gasteiger partial charge in [-0.3, -0.25) is 4.79 Å². The van der Waals surface area contributed by atoms with Crippen LogP contribution in [0.15, 0.2) is 60.2 Å². The van der Waals surface area contributed by atoms with Gasteiger partial charge in [0.1, 0.15) is 5.84 Å². The molecule has 0 aliphatic rings. The Morgan fingerprint density at radius 1 is 1.12 bits per heavy atom. The van der Waals surface area contributed by atoms with Crippen molar-refractivity contribution in [3.8, 4) is 11.8 Å². The van der Waals surface area contributed by atoms with Crippen LogP contribution >= 0.6 is 0 Å². The highest BCUT2D eigenvalue weighted by Crippen LogP contribution is 2.19. The minimum atomic E-state index is -0.342. The number of anilines is 2. The standard InChI is InChI=1S/C21H21N3O/c1-5-8-20(25)23-18-12-11-16(4)19(14-18)21(22-6-2)24-17-10-7-9-15(3)13-17/h6-7,9-14H,2H2,1,3-4H3,(H,22,24)(H,23,25). The molecule has 126 valence electrons. The highest BCUT2D eigenvalue weighted by Gasteiger charge is 2.10. The quantitative estimate of drug-likeness (QED) is 0.499. The molecule has 0 radical (unpaired) electrons. The van der Waals surface area contributed by atoms with Gasteiger partial charge >= 0.3 is 0 Å². The van der Waals surface area contributed by atoms with E-state index in [4.69, 9.17) is 0 Å². The summed E-state index contributed by atoms with van der Waals surface area (Å²) >= 11 is 0. The molecule has 0 aliphatic carbocycles. The van der Waals surface area contributed by atoms with E-state index < -0.39 is 0 Å². The maximum atomic E-state index is 11.7. The van der Waals surface area contributed by atoms with Crippen LogP contribution in [0.25, 0.3) is 0 Å². The molecule has 4 nitrogen and oxygen atoms in total. The van der Waals surface area contributed by atoms with Crippen LogP contribution in [0, 0.1) is 25.7 Å². The summed E-state index contributed by atoms with van der Waals surface area (Å²) in [7, 11) is 0. The van der Waals surface area contributed by atoms with E-state index in [9.17, 15) is 4.79 Å². The predicted octanol–water partition coefficient (Wildman–Crippen LogP) is 4.27. The minimum absolute atomic E-state index is 0.342. The second-order valence-electron chi connectivity index (χ2n) is 5.51. The summed E-state index contributed by atoms with van der Waals surface area (Å²) in [6.45, 7) is 9.34. The van der Waals surface area contributed by atoms with Crippen molar-refractivity contribution in [1.82, 2.24) is 0 Å². The van der Waals surface area contributed by atoms with E-state index in [0.29, 0.717) is 11.5 Å². The monoisotopic (exact) mass is 331 g/mol. The van der Waals surface area contributed by atoms with Crippen LogP contribution in [0.1, 0.15) is 23.6 Å². The molecule has 0 spiro atoms. The molecular weight excluding hydrogens is 310 g/mol. The number of carbonyl (C=O) groups excluding carboxylic acids is 1. The van der Waals surface area contributed by atoms with E-state index in [1.54, 1.807) is 6.92 Å². The minimum Gasteiger partial charge on any atom is -0.340 e. The summed E-state index contributed by atoms with van der Waals surface area (Å²) in [6.07, 6.45) is 1.49. The zero-order chi connectivity index (χ0) is 18.2. The third kappa shape index (κ3) is 5.08. The molecule has 2 aromatic carbocycles. The van der Waals surface area contributed by atoms with Crippen molar-refractivity contribution >= 4 is 23.1 Å². The van der Waals surface area contributed by atoms with Gasteiger partial charge in [0.15, 0.2) is 0 Å². The fourth-order valence-electron chi connectivity index (χ4n) is 2.35. The van der Waals surface area contributed by atoms with E-state index in [-0.39, 0.29) is 5.91 Å². The average molecular weight is 331 g/mol. The smallest absolute Gasteiger partial charge is 0.300 e. The lowest BCUT2D eigenvalue weighted by Gasteiger charge is -2.14. The molecule has 4 heteroatoms. The number of hydrogen-bond acceptors (Lipinski definition) is 2. The first-order chi connectivity index (χ1) is 12.0. The lowest BCUT2D eigenvalue weighted by Crippen LogP contribution is -2.16.